The number of nitriles is 1. The second-order valence-corrected chi connectivity index (χ2v) is 4.49. The molecule has 1 aliphatic carbocycles. The Bertz CT molecular complexity index is 468. The molecule has 0 aromatic heterocycles. The zero-order valence-corrected chi connectivity index (χ0v) is 8.53. The summed E-state index contributed by atoms with van der Waals surface area (Å²) in [7, 11) is 0. The van der Waals surface area contributed by atoms with Gasteiger partial charge in [0.2, 0.25) is 0 Å². The van der Waals surface area contributed by atoms with Crippen LogP contribution in [0.4, 0.5) is 14.5 Å². The van der Waals surface area contributed by atoms with Crippen molar-refractivity contribution >= 4 is 5.69 Å². The summed E-state index contributed by atoms with van der Waals surface area (Å²) in [6.07, 6.45) is 0. The van der Waals surface area contributed by atoms with Crippen LogP contribution in [0.15, 0.2) is 18.2 Å². The van der Waals surface area contributed by atoms with Crippen LogP contribution in [0, 0.1) is 40.7 Å². The fourth-order valence-electron chi connectivity index (χ4n) is 2.61. The molecule has 1 aromatic carbocycles. The van der Waals surface area contributed by atoms with Gasteiger partial charge in [0, 0.05) is 24.8 Å². The molecule has 3 rings (SSSR count). The lowest BCUT2D eigenvalue weighted by molar-refractivity contribution is 0.508. The summed E-state index contributed by atoms with van der Waals surface area (Å²) >= 11 is 0. The first-order valence-electron chi connectivity index (χ1n) is 5.30. The Kier molecular flexibility index (Phi) is 1.90. The molecular formula is C12H10F2N2. The predicted octanol–water partition coefficient (Wildman–Crippen LogP) is 2.17. The van der Waals surface area contributed by atoms with Crippen LogP contribution in [0.3, 0.4) is 0 Å². The van der Waals surface area contributed by atoms with E-state index in [1.54, 1.807) is 6.07 Å². The van der Waals surface area contributed by atoms with E-state index in [0.717, 1.165) is 19.2 Å². The highest BCUT2D eigenvalue weighted by Gasteiger charge is 2.56. The van der Waals surface area contributed by atoms with Gasteiger partial charge in [0.1, 0.15) is 0 Å². The largest absolute Gasteiger partial charge is 0.371 e. The van der Waals surface area contributed by atoms with Gasteiger partial charge >= 0.3 is 0 Å². The third-order valence-electron chi connectivity index (χ3n) is 3.61. The van der Waals surface area contributed by atoms with Gasteiger partial charge in [0.05, 0.1) is 12.0 Å². The van der Waals surface area contributed by atoms with E-state index >= 15 is 0 Å². The number of rotatable bonds is 1. The fourth-order valence-corrected chi connectivity index (χ4v) is 2.61. The van der Waals surface area contributed by atoms with Gasteiger partial charge in [-0.25, -0.2) is 8.78 Å². The molecule has 1 saturated heterocycles. The molecule has 2 unspecified atom stereocenters. The van der Waals surface area contributed by atoms with Crippen molar-refractivity contribution in [3.63, 3.8) is 0 Å². The van der Waals surface area contributed by atoms with Crippen molar-refractivity contribution in [2.24, 2.45) is 17.8 Å². The summed E-state index contributed by atoms with van der Waals surface area (Å²) in [5.74, 6) is -0.587. The molecule has 2 atom stereocenters. The van der Waals surface area contributed by atoms with E-state index < -0.39 is 11.6 Å². The monoisotopic (exact) mass is 220 g/mol. The van der Waals surface area contributed by atoms with Crippen LogP contribution < -0.4 is 4.90 Å². The lowest BCUT2D eigenvalue weighted by atomic mass is 10.2. The van der Waals surface area contributed by atoms with Crippen LogP contribution in [0.5, 0.6) is 0 Å². The Balaban J connectivity index is 1.77. The minimum absolute atomic E-state index is 0.182. The highest BCUT2D eigenvalue weighted by molar-refractivity contribution is 5.49. The number of halogens is 2. The number of benzene rings is 1. The molecular weight excluding hydrogens is 210 g/mol. The molecule has 0 radical (unpaired) electrons. The molecule has 1 aromatic rings. The first-order chi connectivity index (χ1) is 7.70. The third-order valence-corrected chi connectivity index (χ3v) is 3.61. The zero-order chi connectivity index (χ0) is 11.3. The van der Waals surface area contributed by atoms with E-state index in [0.29, 0.717) is 17.5 Å². The first kappa shape index (κ1) is 9.59. The highest BCUT2D eigenvalue weighted by atomic mass is 19.2. The van der Waals surface area contributed by atoms with Crippen molar-refractivity contribution < 1.29 is 8.78 Å². The van der Waals surface area contributed by atoms with E-state index in [4.69, 9.17) is 5.26 Å². The van der Waals surface area contributed by atoms with Gasteiger partial charge < -0.3 is 4.90 Å². The molecule has 82 valence electrons. The van der Waals surface area contributed by atoms with Gasteiger partial charge in [0.15, 0.2) is 11.6 Å². The van der Waals surface area contributed by atoms with E-state index in [1.807, 2.05) is 4.90 Å². The van der Waals surface area contributed by atoms with Gasteiger partial charge in [-0.15, -0.1) is 0 Å². The molecule has 0 spiro atoms. The van der Waals surface area contributed by atoms with Crippen LogP contribution in [-0.2, 0) is 0 Å². The van der Waals surface area contributed by atoms with Crippen molar-refractivity contribution in [2.45, 2.75) is 0 Å². The average Bonchev–Trinajstić information content (AvgIpc) is 2.74. The summed E-state index contributed by atoms with van der Waals surface area (Å²) in [6.45, 7) is 1.57. The molecule has 1 aliphatic heterocycles. The molecule has 16 heavy (non-hydrogen) atoms. The molecule has 0 bridgehead atoms. The van der Waals surface area contributed by atoms with Crippen LogP contribution in [0.1, 0.15) is 0 Å². The Hall–Kier alpha value is -1.63. The Morgan fingerprint density at radius 1 is 1.19 bits per heavy atom. The number of piperidine rings is 1. The molecule has 0 N–H and O–H groups in total. The average molecular weight is 220 g/mol. The molecule has 2 fully saturated rings. The molecule has 4 heteroatoms. The van der Waals surface area contributed by atoms with Crippen molar-refractivity contribution in [2.75, 3.05) is 18.0 Å². The predicted molar refractivity (Wildman–Crippen MR) is 54.7 cm³/mol. The Morgan fingerprint density at radius 2 is 1.88 bits per heavy atom. The van der Waals surface area contributed by atoms with Gasteiger partial charge in [-0.05, 0) is 24.0 Å². The topological polar surface area (TPSA) is 27.0 Å². The molecule has 2 aliphatic rings. The maximum absolute atomic E-state index is 13.0. The van der Waals surface area contributed by atoms with Crippen molar-refractivity contribution in [3.8, 4) is 6.07 Å². The summed E-state index contributed by atoms with van der Waals surface area (Å²) in [5, 5.41) is 8.77. The number of anilines is 1. The standard InChI is InChI=1S/C12H10F2N2/c13-11-2-1-7(3-12(11)14)16-5-9-8(4-15)10(9)6-16/h1-3,8-10H,5-6H2. The Morgan fingerprint density at radius 3 is 2.44 bits per heavy atom. The normalized spacial score (nSPS) is 31.1. The minimum Gasteiger partial charge on any atom is -0.371 e. The van der Waals surface area contributed by atoms with Gasteiger partial charge in [-0.1, -0.05) is 0 Å². The quantitative estimate of drug-likeness (QED) is 0.725. The lowest BCUT2D eigenvalue weighted by Gasteiger charge is -2.20. The van der Waals surface area contributed by atoms with Gasteiger partial charge in [0.25, 0.3) is 0 Å². The summed E-state index contributed by atoms with van der Waals surface area (Å²) in [4.78, 5) is 2.02. The van der Waals surface area contributed by atoms with E-state index in [-0.39, 0.29) is 5.92 Å². The first-order valence-corrected chi connectivity index (χ1v) is 5.30. The lowest BCUT2D eigenvalue weighted by Crippen LogP contribution is -2.23. The van der Waals surface area contributed by atoms with E-state index in [9.17, 15) is 8.78 Å². The molecule has 1 heterocycles. The van der Waals surface area contributed by atoms with Crippen molar-refractivity contribution in [3.05, 3.63) is 29.8 Å². The molecule has 2 nitrogen and oxygen atoms in total. The SMILES string of the molecule is N#CC1C2CN(c3ccc(F)c(F)c3)CC12. The van der Waals surface area contributed by atoms with Crippen LogP contribution in [0.2, 0.25) is 0 Å². The van der Waals surface area contributed by atoms with Crippen molar-refractivity contribution in [1.82, 2.24) is 0 Å². The zero-order valence-electron chi connectivity index (χ0n) is 8.53. The number of fused-ring (bicyclic) bond motifs is 1. The Labute approximate surface area is 92.1 Å². The minimum atomic E-state index is -0.817. The number of hydrogen-bond acceptors (Lipinski definition) is 2. The smallest absolute Gasteiger partial charge is 0.160 e. The van der Waals surface area contributed by atoms with Crippen LogP contribution >= 0.6 is 0 Å². The highest BCUT2D eigenvalue weighted by Crippen LogP contribution is 2.52. The van der Waals surface area contributed by atoms with Crippen molar-refractivity contribution in [1.29, 1.82) is 5.26 Å². The van der Waals surface area contributed by atoms with Crippen LogP contribution in [-0.4, -0.2) is 13.1 Å². The van der Waals surface area contributed by atoms with E-state index in [2.05, 4.69) is 6.07 Å². The van der Waals surface area contributed by atoms with E-state index in [1.165, 1.54) is 6.07 Å². The summed E-state index contributed by atoms with van der Waals surface area (Å²) < 4.78 is 25.8. The summed E-state index contributed by atoms with van der Waals surface area (Å²) in [5.41, 5.74) is 0.711. The maximum atomic E-state index is 13.0. The number of nitrogens with zero attached hydrogens (tertiary/aromatic N) is 2. The third kappa shape index (κ3) is 1.28. The fraction of sp³-hybridized carbons (Fsp3) is 0.417. The second kappa shape index (κ2) is 3.18. The maximum Gasteiger partial charge on any atom is 0.160 e. The molecule has 1 saturated carbocycles. The van der Waals surface area contributed by atoms with Crippen LogP contribution in [0.25, 0.3) is 0 Å². The summed E-state index contributed by atoms with van der Waals surface area (Å²) in [6, 6.07) is 6.23. The number of hydrogen-bond donors (Lipinski definition) is 0. The van der Waals surface area contributed by atoms with Gasteiger partial charge in [-0.2, -0.15) is 5.26 Å². The molecule has 0 amide bonds. The van der Waals surface area contributed by atoms with Gasteiger partial charge in [-0.3, -0.25) is 0 Å². The second-order valence-electron chi connectivity index (χ2n) is 4.49.